The Morgan fingerprint density at radius 1 is 1.30 bits per heavy atom. The number of benzene rings is 1. The zero-order valence-corrected chi connectivity index (χ0v) is 13.8. The van der Waals surface area contributed by atoms with Crippen LogP contribution in [0.2, 0.25) is 0 Å². The van der Waals surface area contributed by atoms with Crippen LogP contribution in [-0.2, 0) is 14.3 Å². The molecule has 0 bridgehead atoms. The summed E-state index contributed by atoms with van der Waals surface area (Å²) < 4.78 is 10.5. The van der Waals surface area contributed by atoms with Gasteiger partial charge >= 0.3 is 5.97 Å². The third-order valence-corrected chi connectivity index (χ3v) is 3.88. The van der Waals surface area contributed by atoms with Crippen LogP contribution in [0.3, 0.4) is 0 Å². The summed E-state index contributed by atoms with van der Waals surface area (Å²) >= 11 is 0. The van der Waals surface area contributed by atoms with Gasteiger partial charge in [-0.2, -0.15) is 0 Å². The molecule has 1 aromatic carbocycles. The van der Waals surface area contributed by atoms with Crippen molar-refractivity contribution in [1.29, 1.82) is 0 Å². The Kier molecular flexibility index (Phi) is 5.79. The van der Waals surface area contributed by atoms with Gasteiger partial charge in [-0.15, -0.1) is 0 Å². The largest absolute Gasteiger partial charge is 0.495 e. The molecule has 2 rings (SSSR count). The van der Waals surface area contributed by atoms with Crippen LogP contribution >= 0.6 is 0 Å². The van der Waals surface area contributed by atoms with Crippen LogP contribution in [0.1, 0.15) is 31.7 Å². The highest BCUT2D eigenvalue weighted by molar-refractivity contribution is 5.96. The molecule has 2 atom stereocenters. The summed E-state index contributed by atoms with van der Waals surface area (Å²) in [7, 11) is 1.54. The molecule has 0 saturated heterocycles. The first-order valence-corrected chi connectivity index (χ1v) is 7.82. The number of aryl methyl sites for hydroxylation is 1. The molecule has 1 amide bonds. The standard InChI is InChI=1S/C18H23NO4/c1-12-9-10-16(22-3)15(11-12)19-17(20)13(2)23-18(21)14-7-5-4-6-8-14/h4-5,9-11,13-14H,6-8H2,1-3H3,(H,19,20)/t13-,14+/m0/s1. The number of methoxy groups -OCH3 is 1. The highest BCUT2D eigenvalue weighted by Crippen LogP contribution is 2.26. The van der Waals surface area contributed by atoms with E-state index in [2.05, 4.69) is 11.4 Å². The van der Waals surface area contributed by atoms with Gasteiger partial charge in [0.2, 0.25) is 0 Å². The summed E-state index contributed by atoms with van der Waals surface area (Å²) in [6, 6.07) is 5.50. The molecule has 23 heavy (non-hydrogen) atoms. The first kappa shape index (κ1) is 17.1. The van der Waals surface area contributed by atoms with Crippen molar-refractivity contribution in [3.63, 3.8) is 0 Å². The van der Waals surface area contributed by atoms with Crippen molar-refractivity contribution in [2.24, 2.45) is 5.92 Å². The van der Waals surface area contributed by atoms with Crippen LogP contribution < -0.4 is 10.1 Å². The van der Waals surface area contributed by atoms with Gasteiger partial charge in [-0.05, 0) is 50.8 Å². The van der Waals surface area contributed by atoms with Gasteiger partial charge in [0.05, 0.1) is 18.7 Å². The van der Waals surface area contributed by atoms with Crippen molar-refractivity contribution in [2.75, 3.05) is 12.4 Å². The predicted octanol–water partition coefficient (Wildman–Crippen LogP) is 3.23. The Morgan fingerprint density at radius 2 is 2.09 bits per heavy atom. The van der Waals surface area contributed by atoms with E-state index in [0.29, 0.717) is 17.9 Å². The quantitative estimate of drug-likeness (QED) is 0.669. The molecule has 1 N–H and O–H groups in total. The van der Waals surface area contributed by atoms with Crippen molar-refractivity contribution in [3.05, 3.63) is 35.9 Å². The fourth-order valence-corrected chi connectivity index (χ4v) is 2.49. The van der Waals surface area contributed by atoms with E-state index >= 15 is 0 Å². The van der Waals surface area contributed by atoms with E-state index in [4.69, 9.17) is 9.47 Å². The average Bonchev–Trinajstić information content (AvgIpc) is 2.55. The van der Waals surface area contributed by atoms with Crippen LogP contribution in [0.4, 0.5) is 5.69 Å². The number of ether oxygens (including phenoxy) is 2. The molecule has 0 spiro atoms. The molecule has 0 heterocycles. The summed E-state index contributed by atoms with van der Waals surface area (Å²) in [6.45, 7) is 3.50. The number of esters is 1. The minimum absolute atomic E-state index is 0.149. The van der Waals surface area contributed by atoms with Gasteiger partial charge in [-0.3, -0.25) is 9.59 Å². The lowest BCUT2D eigenvalue weighted by Gasteiger charge is -2.20. The van der Waals surface area contributed by atoms with E-state index in [1.165, 1.54) is 0 Å². The summed E-state index contributed by atoms with van der Waals surface area (Å²) in [5.41, 5.74) is 1.57. The SMILES string of the molecule is COc1ccc(C)cc1NC(=O)[C@H](C)OC(=O)[C@@H]1CC=CCC1. The minimum atomic E-state index is -0.848. The lowest BCUT2D eigenvalue weighted by atomic mass is 9.95. The molecule has 1 aliphatic carbocycles. The number of amides is 1. The smallest absolute Gasteiger partial charge is 0.310 e. The Balaban J connectivity index is 1.96. The van der Waals surface area contributed by atoms with Gasteiger partial charge in [0.25, 0.3) is 5.91 Å². The van der Waals surface area contributed by atoms with Crippen LogP contribution in [0.15, 0.2) is 30.4 Å². The molecular weight excluding hydrogens is 294 g/mol. The lowest BCUT2D eigenvalue weighted by Crippen LogP contribution is -2.32. The van der Waals surface area contributed by atoms with Gasteiger partial charge < -0.3 is 14.8 Å². The number of nitrogens with one attached hydrogen (secondary N) is 1. The first-order valence-electron chi connectivity index (χ1n) is 7.82. The van der Waals surface area contributed by atoms with Crippen LogP contribution in [-0.4, -0.2) is 25.1 Å². The maximum atomic E-state index is 12.3. The second-order valence-corrected chi connectivity index (χ2v) is 5.75. The highest BCUT2D eigenvalue weighted by atomic mass is 16.5. The van der Waals surface area contributed by atoms with Gasteiger partial charge in [0.15, 0.2) is 6.10 Å². The molecule has 124 valence electrons. The van der Waals surface area contributed by atoms with Gasteiger partial charge in [-0.25, -0.2) is 0 Å². The number of hydrogen-bond acceptors (Lipinski definition) is 4. The second-order valence-electron chi connectivity index (χ2n) is 5.75. The number of hydrogen-bond donors (Lipinski definition) is 1. The molecule has 1 aliphatic rings. The molecule has 0 radical (unpaired) electrons. The summed E-state index contributed by atoms with van der Waals surface area (Å²) in [5.74, 6) is -0.259. The van der Waals surface area contributed by atoms with Gasteiger partial charge in [-0.1, -0.05) is 18.2 Å². The molecule has 0 saturated carbocycles. The van der Waals surface area contributed by atoms with E-state index in [9.17, 15) is 9.59 Å². The summed E-state index contributed by atoms with van der Waals surface area (Å²) in [5, 5.41) is 2.76. The number of carbonyl (C=O) groups is 2. The molecular formula is C18H23NO4. The summed E-state index contributed by atoms with van der Waals surface area (Å²) in [6.07, 6.45) is 5.52. The van der Waals surface area contributed by atoms with E-state index in [0.717, 1.165) is 18.4 Å². The maximum absolute atomic E-state index is 12.3. The fourth-order valence-electron chi connectivity index (χ4n) is 2.49. The predicted molar refractivity (Wildman–Crippen MR) is 88.4 cm³/mol. The Bertz CT molecular complexity index is 609. The monoisotopic (exact) mass is 317 g/mol. The summed E-state index contributed by atoms with van der Waals surface area (Å²) in [4.78, 5) is 24.3. The van der Waals surface area contributed by atoms with Crippen molar-refractivity contribution in [1.82, 2.24) is 0 Å². The molecule has 0 unspecified atom stereocenters. The number of carbonyl (C=O) groups excluding carboxylic acids is 2. The normalized spacial score (nSPS) is 18.1. The number of rotatable bonds is 5. The highest BCUT2D eigenvalue weighted by Gasteiger charge is 2.25. The zero-order valence-electron chi connectivity index (χ0n) is 13.8. The van der Waals surface area contributed by atoms with E-state index in [1.807, 2.05) is 25.1 Å². The third kappa shape index (κ3) is 4.58. The first-order chi connectivity index (χ1) is 11.0. The molecule has 0 aliphatic heterocycles. The van der Waals surface area contributed by atoms with Crippen molar-refractivity contribution < 1.29 is 19.1 Å². The molecule has 0 aromatic heterocycles. The molecule has 0 fully saturated rings. The number of anilines is 1. The molecule has 5 heteroatoms. The van der Waals surface area contributed by atoms with Gasteiger partial charge in [0, 0.05) is 0 Å². The molecule has 5 nitrogen and oxygen atoms in total. The third-order valence-electron chi connectivity index (χ3n) is 3.88. The fraction of sp³-hybridized carbons (Fsp3) is 0.444. The minimum Gasteiger partial charge on any atom is -0.495 e. The Labute approximate surface area is 136 Å². The van der Waals surface area contributed by atoms with Gasteiger partial charge in [0.1, 0.15) is 5.75 Å². The van der Waals surface area contributed by atoms with Crippen LogP contribution in [0.25, 0.3) is 0 Å². The lowest BCUT2D eigenvalue weighted by molar-refractivity contribution is -0.157. The second kappa shape index (κ2) is 7.81. The van der Waals surface area contributed by atoms with Crippen molar-refractivity contribution >= 4 is 17.6 Å². The maximum Gasteiger partial charge on any atom is 0.310 e. The number of allylic oxidation sites excluding steroid dienone is 2. The van der Waals surface area contributed by atoms with E-state index < -0.39 is 6.10 Å². The Morgan fingerprint density at radius 3 is 2.74 bits per heavy atom. The van der Waals surface area contributed by atoms with E-state index in [-0.39, 0.29) is 17.8 Å². The molecule has 1 aromatic rings. The van der Waals surface area contributed by atoms with Crippen LogP contribution in [0, 0.1) is 12.8 Å². The van der Waals surface area contributed by atoms with Crippen molar-refractivity contribution in [2.45, 2.75) is 39.2 Å². The Hall–Kier alpha value is -2.30. The van der Waals surface area contributed by atoms with Crippen LogP contribution in [0.5, 0.6) is 5.75 Å². The van der Waals surface area contributed by atoms with Crippen molar-refractivity contribution in [3.8, 4) is 5.75 Å². The van der Waals surface area contributed by atoms with E-state index in [1.54, 1.807) is 20.1 Å². The topological polar surface area (TPSA) is 64.6 Å². The zero-order chi connectivity index (χ0) is 16.8. The average molecular weight is 317 g/mol.